The predicted octanol–water partition coefficient (Wildman–Crippen LogP) is 6.07. The average molecular weight is 431 g/mol. The third kappa shape index (κ3) is 5.13. The van der Waals surface area contributed by atoms with Crippen LogP contribution in [0.2, 0.25) is 10.0 Å². The highest BCUT2D eigenvalue weighted by molar-refractivity contribution is 9.10. The number of halogens is 3. The van der Waals surface area contributed by atoms with E-state index in [0.717, 1.165) is 10.0 Å². The third-order valence-electron chi connectivity index (χ3n) is 3.31. The minimum Gasteiger partial charge on any atom is -0.483 e. The maximum Gasteiger partial charge on any atom is 0.262 e. The Morgan fingerprint density at radius 1 is 1.12 bits per heavy atom. The maximum absolute atomic E-state index is 12.1. The van der Waals surface area contributed by atoms with Gasteiger partial charge in [-0.15, -0.1) is 0 Å². The zero-order valence-corrected chi connectivity index (χ0v) is 16.7. The molecule has 0 saturated carbocycles. The van der Waals surface area contributed by atoms with Crippen LogP contribution in [0, 0.1) is 0 Å². The Morgan fingerprint density at radius 2 is 1.83 bits per heavy atom. The van der Waals surface area contributed by atoms with Crippen LogP contribution in [0.15, 0.2) is 40.9 Å². The van der Waals surface area contributed by atoms with Crippen LogP contribution in [0.3, 0.4) is 0 Å². The number of hydrogen-bond donors (Lipinski definition) is 1. The van der Waals surface area contributed by atoms with Crippen LogP contribution in [-0.2, 0) is 10.2 Å². The molecule has 0 aliphatic carbocycles. The van der Waals surface area contributed by atoms with Crippen molar-refractivity contribution in [2.45, 2.75) is 26.2 Å². The summed E-state index contributed by atoms with van der Waals surface area (Å²) in [5, 5.41) is 3.56. The molecule has 1 N–H and O–H groups in total. The lowest BCUT2D eigenvalue weighted by Crippen LogP contribution is -2.22. The van der Waals surface area contributed by atoms with Gasteiger partial charge in [-0.1, -0.05) is 59.9 Å². The summed E-state index contributed by atoms with van der Waals surface area (Å²) in [5.74, 6) is 0.422. The second-order valence-electron chi connectivity index (χ2n) is 6.36. The average Bonchev–Trinajstić information content (AvgIpc) is 2.49. The number of carbonyl (C=O) groups excluding carboxylic acids is 1. The fraction of sp³-hybridized carbons (Fsp3) is 0.278. The van der Waals surface area contributed by atoms with Crippen LogP contribution >= 0.6 is 39.1 Å². The van der Waals surface area contributed by atoms with Gasteiger partial charge in [0.15, 0.2) is 6.61 Å². The van der Waals surface area contributed by atoms with E-state index in [1.54, 1.807) is 18.2 Å². The van der Waals surface area contributed by atoms with Gasteiger partial charge in [-0.05, 0) is 41.8 Å². The van der Waals surface area contributed by atoms with Gasteiger partial charge in [-0.2, -0.15) is 0 Å². The van der Waals surface area contributed by atoms with E-state index in [1.165, 1.54) is 0 Å². The highest BCUT2D eigenvalue weighted by atomic mass is 79.9. The van der Waals surface area contributed by atoms with Crippen molar-refractivity contribution >= 4 is 50.7 Å². The lowest BCUT2D eigenvalue weighted by Gasteiger charge is -2.23. The van der Waals surface area contributed by atoms with E-state index in [9.17, 15) is 4.79 Å². The van der Waals surface area contributed by atoms with Gasteiger partial charge in [0, 0.05) is 15.7 Å². The molecule has 0 heterocycles. The summed E-state index contributed by atoms with van der Waals surface area (Å²) >= 11 is 15.3. The van der Waals surface area contributed by atoms with E-state index >= 15 is 0 Å². The van der Waals surface area contributed by atoms with Crippen LogP contribution in [-0.4, -0.2) is 12.5 Å². The Morgan fingerprint density at radius 3 is 2.46 bits per heavy atom. The molecule has 0 unspecified atom stereocenters. The van der Waals surface area contributed by atoms with E-state index in [-0.39, 0.29) is 17.9 Å². The minimum atomic E-state index is -0.267. The van der Waals surface area contributed by atoms with E-state index in [1.807, 2.05) is 18.2 Å². The number of benzene rings is 2. The zero-order chi connectivity index (χ0) is 17.9. The summed E-state index contributed by atoms with van der Waals surface area (Å²) < 4.78 is 6.69. The van der Waals surface area contributed by atoms with Crippen LogP contribution in [0.1, 0.15) is 26.3 Å². The molecule has 0 radical (unpaired) electrons. The summed E-state index contributed by atoms with van der Waals surface area (Å²) in [6.45, 7) is 6.19. The summed E-state index contributed by atoms with van der Waals surface area (Å²) in [6, 6.07) is 10.7. The number of rotatable bonds is 4. The maximum atomic E-state index is 12.1. The van der Waals surface area contributed by atoms with Crippen LogP contribution < -0.4 is 10.1 Å². The minimum absolute atomic E-state index is 0.0923. The topological polar surface area (TPSA) is 38.3 Å². The molecule has 1 amide bonds. The summed E-state index contributed by atoms with van der Waals surface area (Å²) in [4.78, 5) is 12.1. The smallest absolute Gasteiger partial charge is 0.262 e. The number of ether oxygens (including phenoxy) is 1. The normalized spacial score (nSPS) is 11.2. The van der Waals surface area contributed by atoms with Gasteiger partial charge in [0.1, 0.15) is 5.75 Å². The summed E-state index contributed by atoms with van der Waals surface area (Å²) in [7, 11) is 0. The Balaban J connectivity index is 2.05. The SMILES string of the molecule is CC(C)(C)c1cc(Br)ccc1OCC(=O)Nc1ccc(Cl)c(Cl)c1. The molecule has 0 bridgehead atoms. The van der Waals surface area contributed by atoms with Crippen molar-refractivity contribution in [1.29, 1.82) is 0 Å². The molecule has 0 saturated heterocycles. The van der Waals surface area contributed by atoms with Crippen molar-refractivity contribution in [3.05, 3.63) is 56.5 Å². The number of amides is 1. The first-order chi connectivity index (χ1) is 11.2. The van der Waals surface area contributed by atoms with Crippen LogP contribution in [0.4, 0.5) is 5.69 Å². The first-order valence-corrected chi connectivity index (χ1v) is 8.89. The monoisotopic (exact) mass is 429 g/mol. The van der Waals surface area contributed by atoms with E-state index in [2.05, 4.69) is 42.0 Å². The van der Waals surface area contributed by atoms with Crippen molar-refractivity contribution < 1.29 is 9.53 Å². The number of nitrogens with one attached hydrogen (secondary N) is 1. The van der Waals surface area contributed by atoms with Gasteiger partial charge < -0.3 is 10.1 Å². The second kappa shape index (κ2) is 7.77. The molecule has 24 heavy (non-hydrogen) atoms. The van der Waals surface area contributed by atoms with Gasteiger partial charge in [-0.3, -0.25) is 4.79 Å². The van der Waals surface area contributed by atoms with E-state index in [0.29, 0.717) is 21.5 Å². The largest absolute Gasteiger partial charge is 0.483 e. The summed E-state index contributed by atoms with van der Waals surface area (Å²) in [6.07, 6.45) is 0. The molecule has 3 nitrogen and oxygen atoms in total. The third-order valence-corrected chi connectivity index (χ3v) is 4.54. The fourth-order valence-corrected chi connectivity index (χ4v) is 2.79. The molecule has 2 aromatic carbocycles. The van der Waals surface area contributed by atoms with E-state index < -0.39 is 0 Å². The van der Waals surface area contributed by atoms with Gasteiger partial charge in [0.2, 0.25) is 0 Å². The lowest BCUT2D eigenvalue weighted by molar-refractivity contribution is -0.118. The first-order valence-electron chi connectivity index (χ1n) is 7.34. The van der Waals surface area contributed by atoms with Gasteiger partial charge >= 0.3 is 0 Å². The number of carbonyl (C=O) groups is 1. The Labute approximate surface area is 160 Å². The standard InChI is InChI=1S/C18H18BrCl2NO2/c1-18(2,3)13-8-11(19)4-7-16(13)24-10-17(23)22-12-5-6-14(20)15(21)9-12/h4-9H,10H2,1-3H3,(H,22,23). The van der Waals surface area contributed by atoms with Gasteiger partial charge in [-0.25, -0.2) is 0 Å². The second-order valence-corrected chi connectivity index (χ2v) is 8.09. The van der Waals surface area contributed by atoms with Crippen molar-refractivity contribution in [1.82, 2.24) is 0 Å². The zero-order valence-electron chi connectivity index (χ0n) is 13.6. The lowest BCUT2D eigenvalue weighted by atomic mass is 9.86. The molecule has 0 aromatic heterocycles. The molecule has 0 aliphatic rings. The van der Waals surface area contributed by atoms with Crippen LogP contribution in [0.25, 0.3) is 0 Å². The molecule has 0 atom stereocenters. The number of anilines is 1. The number of hydrogen-bond acceptors (Lipinski definition) is 2. The highest BCUT2D eigenvalue weighted by Crippen LogP contribution is 2.33. The quantitative estimate of drug-likeness (QED) is 0.638. The van der Waals surface area contributed by atoms with Crippen molar-refractivity contribution in [2.24, 2.45) is 0 Å². The van der Waals surface area contributed by atoms with Crippen LogP contribution in [0.5, 0.6) is 5.75 Å². The Bertz CT molecular complexity index is 757. The molecule has 2 aromatic rings. The highest BCUT2D eigenvalue weighted by Gasteiger charge is 2.20. The molecule has 128 valence electrons. The first kappa shape index (κ1) is 19.1. The van der Waals surface area contributed by atoms with Gasteiger partial charge in [0.25, 0.3) is 5.91 Å². The molecule has 0 spiro atoms. The van der Waals surface area contributed by atoms with Crippen molar-refractivity contribution in [3.63, 3.8) is 0 Å². The fourth-order valence-electron chi connectivity index (χ4n) is 2.13. The van der Waals surface area contributed by atoms with Gasteiger partial charge in [0.05, 0.1) is 10.0 Å². The molecule has 6 heteroatoms. The van der Waals surface area contributed by atoms with E-state index in [4.69, 9.17) is 27.9 Å². The Kier molecular flexibility index (Phi) is 6.18. The molecular weight excluding hydrogens is 413 g/mol. The molecule has 2 rings (SSSR count). The molecule has 0 fully saturated rings. The molecular formula is C18H18BrCl2NO2. The van der Waals surface area contributed by atoms with Crippen molar-refractivity contribution in [3.8, 4) is 5.75 Å². The predicted molar refractivity (Wildman–Crippen MR) is 103 cm³/mol. The Hall–Kier alpha value is -1.23. The summed E-state index contributed by atoms with van der Waals surface area (Å²) in [5.41, 5.74) is 1.50. The molecule has 0 aliphatic heterocycles. The van der Waals surface area contributed by atoms with Crippen molar-refractivity contribution in [2.75, 3.05) is 11.9 Å².